The Labute approximate surface area is 137 Å². The lowest BCUT2D eigenvalue weighted by molar-refractivity contribution is -0.0681. The van der Waals surface area contributed by atoms with Gasteiger partial charge in [0.2, 0.25) is 0 Å². The van der Waals surface area contributed by atoms with Gasteiger partial charge in [-0.25, -0.2) is 4.79 Å². The highest BCUT2D eigenvalue weighted by atomic mass is 16.7. The Morgan fingerprint density at radius 1 is 1.17 bits per heavy atom. The van der Waals surface area contributed by atoms with E-state index in [0.717, 1.165) is 11.3 Å². The van der Waals surface area contributed by atoms with Crippen molar-refractivity contribution >= 4 is 5.71 Å². The van der Waals surface area contributed by atoms with Crippen molar-refractivity contribution in [1.29, 1.82) is 0 Å². The molecule has 1 aliphatic heterocycles. The molecule has 0 radical (unpaired) electrons. The third-order valence-electron chi connectivity index (χ3n) is 4.77. The van der Waals surface area contributed by atoms with Crippen LogP contribution in [0.25, 0.3) is 0 Å². The zero-order valence-electron chi connectivity index (χ0n) is 12.8. The van der Waals surface area contributed by atoms with Gasteiger partial charge in [-0.05, 0) is 18.4 Å². The maximum Gasteiger partial charge on any atom is 0.328 e. The van der Waals surface area contributed by atoms with Gasteiger partial charge in [0.05, 0.1) is 23.8 Å². The van der Waals surface area contributed by atoms with Gasteiger partial charge in [-0.2, -0.15) is 0 Å². The summed E-state index contributed by atoms with van der Waals surface area (Å²) in [6, 6.07) is 10.7. The van der Waals surface area contributed by atoms with Gasteiger partial charge in [0, 0.05) is 12.3 Å². The lowest BCUT2D eigenvalue weighted by Gasteiger charge is -2.36. The molecule has 4 rings (SSSR count). The number of rotatable bonds is 2. The minimum absolute atomic E-state index is 0.232. The van der Waals surface area contributed by atoms with Crippen molar-refractivity contribution in [3.63, 3.8) is 0 Å². The van der Waals surface area contributed by atoms with Crippen LogP contribution in [0.5, 0.6) is 0 Å². The van der Waals surface area contributed by atoms with Crippen LogP contribution in [0.3, 0.4) is 0 Å². The Morgan fingerprint density at radius 2 is 1.96 bits per heavy atom. The van der Waals surface area contributed by atoms with E-state index < -0.39 is 23.5 Å². The number of H-pyrrole nitrogens is 1. The first kappa shape index (κ1) is 14.9. The van der Waals surface area contributed by atoms with Crippen LogP contribution < -0.4 is 11.2 Å². The summed E-state index contributed by atoms with van der Waals surface area (Å²) in [7, 11) is 0. The zero-order chi connectivity index (χ0) is 16.7. The van der Waals surface area contributed by atoms with Crippen molar-refractivity contribution in [1.82, 2.24) is 9.55 Å². The van der Waals surface area contributed by atoms with Crippen molar-refractivity contribution in [2.75, 3.05) is 0 Å². The minimum Gasteiger partial charge on any atom is -0.389 e. The molecule has 1 aromatic carbocycles. The van der Waals surface area contributed by atoms with E-state index in [0.29, 0.717) is 12.8 Å². The number of aromatic amines is 1. The fourth-order valence-corrected chi connectivity index (χ4v) is 3.65. The number of oxime groups is 1. The molecule has 7 nitrogen and oxygen atoms in total. The van der Waals surface area contributed by atoms with E-state index in [1.807, 2.05) is 30.3 Å². The SMILES string of the molecule is O=c1ccn([C@@H]2CC[C@H](O)[C@H]3ON=C(c4ccccc4)[C@H]32)c(=O)[nH]1. The quantitative estimate of drug-likeness (QED) is 0.846. The summed E-state index contributed by atoms with van der Waals surface area (Å²) in [5.74, 6) is -0.250. The van der Waals surface area contributed by atoms with Crippen LogP contribution in [0.15, 0.2) is 57.3 Å². The average molecular weight is 327 g/mol. The number of hydrogen-bond acceptors (Lipinski definition) is 5. The largest absolute Gasteiger partial charge is 0.389 e. The van der Waals surface area contributed by atoms with Crippen LogP contribution in [-0.2, 0) is 4.84 Å². The third-order valence-corrected chi connectivity index (χ3v) is 4.77. The van der Waals surface area contributed by atoms with Gasteiger partial charge in [-0.15, -0.1) is 0 Å². The predicted molar refractivity (Wildman–Crippen MR) is 86.9 cm³/mol. The van der Waals surface area contributed by atoms with E-state index in [2.05, 4.69) is 10.1 Å². The smallest absolute Gasteiger partial charge is 0.328 e. The molecule has 0 bridgehead atoms. The number of nitrogens with one attached hydrogen (secondary N) is 1. The second-order valence-corrected chi connectivity index (χ2v) is 6.17. The molecule has 2 N–H and O–H groups in total. The molecular formula is C17H17N3O4. The topological polar surface area (TPSA) is 96.7 Å². The number of aliphatic hydroxyl groups excluding tert-OH is 1. The van der Waals surface area contributed by atoms with Crippen LogP contribution in [0.4, 0.5) is 0 Å². The summed E-state index contributed by atoms with van der Waals surface area (Å²) >= 11 is 0. The van der Waals surface area contributed by atoms with Gasteiger partial charge in [0.15, 0.2) is 6.10 Å². The molecule has 0 saturated heterocycles. The summed E-state index contributed by atoms with van der Waals surface area (Å²) in [4.78, 5) is 31.3. The number of hydrogen-bond donors (Lipinski definition) is 2. The fraction of sp³-hybridized carbons (Fsp3) is 0.353. The van der Waals surface area contributed by atoms with Crippen LogP contribution >= 0.6 is 0 Å². The molecular weight excluding hydrogens is 310 g/mol. The summed E-state index contributed by atoms with van der Waals surface area (Å²) in [6.07, 6.45) is 1.49. The molecule has 2 heterocycles. The second-order valence-electron chi connectivity index (χ2n) is 6.17. The third kappa shape index (κ3) is 2.37. The molecule has 1 aliphatic carbocycles. The number of aromatic nitrogens is 2. The van der Waals surface area contributed by atoms with Crippen LogP contribution in [0.1, 0.15) is 24.4 Å². The van der Waals surface area contributed by atoms with Crippen molar-refractivity contribution in [2.45, 2.75) is 31.1 Å². The molecule has 0 unspecified atom stereocenters. The molecule has 7 heteroatoms. The maximum absolute atomic E-state index is 12.2. The van der Waals surface area contributed by atoms with E-state index in [-0.39, 0.29) is 12.0 Å². The predicted octanol–water partition coefficient (Wildman–Crippen LogP) is 0.652. The summed E-state index contributed by atoms with van der Waals surface area (Å²) in [5, 5.41) is 14.5. The van der Waals surface area contributed by atoms with E-state index in [1.54, 1.807) is 0 Å². The monoisotopic (exact) mass is 327 g/mol. The van der Waals surface area contributed by atoms with E-state index in [4.69, 9.17) is 4.84 Å². The van der Waals surface area contributed by atoms with E-state index in [1.165, 1.54) is 16.8 Å². The summed E-state index contributed by atoms with van der Waals surface area (Å²) in [5.41, 5.74) is 0.745. The average Bonchev–Trinajstić information content (AvgIpc) is 3.03. The van der Waals surface area contributed by atoms with Crippen LogP contribution in [0.2, 0.25) is 0 Å². The number of nitrogens with zero attached hydrogens (tertiary/aromatic N) is 2. The molecule has 4 atom stereocenters. The minimum atomic E-state index is -0.630. The van der Waals surface area contributed by atoms with E-state index in [9.17, 15) is 14.7 Å². The summed E-state index contributed by atoms with van der Waals surface area (Å²) in [6.45, 7) is 0. The molecule has 2 aromatic rings. The molecule has 24 heavy (non-hydrogen) atoms. The Morgan fingerprint density at radius 3 is 2.71 bits per heavy atom. The molecule has 1 fully saturated rings. The standard InChI is InChI=1S/C17H17N3O4/c21-12-7-6-11(20-9-8-13(22)18-17(20)23)14-15(19-24-16(12)14)10-4-2-1-3-5-10/h1-5,8-9,11-12,14,16,21H,6-7H2,(H,18,22,23)/t11-,12+,14-,16-/m1/s1. The van der Waals surface area contributed by atoms with Gasteiger partial charge in [0.25, 0.3) is 5.56 Å². The highest BCUT2D eigenvalue weighted by Gasteiger charge is 2.48. The normalized spacial score (nSPS) is 28.8. The van der Waals surface area contributed by atoms with Crippen LogP contribution in [-0.4, -0.2) is 32.6 Å². The number of aliphatic hydroxyl groups is 1. The number of fused-ring (bicyclic) bond motifs is 1. The highest BCUT2D eigenvalue weighted by molar-refractivity contribution is 6.03. The van der Waals surface area contributed by atoms with Crippen molar-refractivity contribution in [2.24, 2.45) is 11.1 Å². The van der Waals surface area contributed by atoms with Gasteiger partial charge < -0.3 is 9.94 Å². The van der Waals surface area contributed by atoms with Gasteiger partial charge in [0.1, 0.15) is 0 Å². The first-order valence-corrected chi connectivity index (χ1v) is 7.94. The molecule has 1 aromatic heterocycles. The van der Waals surface area contributed by atoms with Crippen molar-refractivity contribution < 1.29 is 9.94 Å². The Balaban J connectivity index is 1.78. The highest BCUT2D eigenvalue weighted by Crippen LogP contribution is 2.41. The Bertz CT molecular complexity index is 886. The lowest BCUT2D eigenvalue weighted by atomic mass is 9.76. The van der Waals surface area contributed by atoms with Gasteiger partial charge in [-0.3, -0.25) is 14.3 Å². The van der Waals surface area contributed by atoms with E-state index >= 15 is 0 Å². The number of benzene rings is 1. The van der Waals surface area contributed by atoms with Crippen molar-refractivity contribution in [3.05, 3.63) is 69.0 Å². The van der Waals surface area contributed by atoms with Gasteiger partial charge in [-0.1, -0.05) is 35.5 Å². The molecule has 0 amide bonds. The summed E-state index contributed by atoms with van der Waals surface area (Å²) < 4.78 is 1.51. The first-order chi connectivity index (χ1) is 11.6. The Kier molecular flexibility index (Phi) is 3.57. The fourth-order valence-electron chi connectivity index (χ4n) is 3.65. The van der Waals surface area contributed by atoms with Gasteiger partial charge >= 0.3 is 5.69 Å². The first-order valence-electron chi connectivity index (χ1n) is 7.94. The zero-order valence-corrected chi connectivity index (χ0v) is 12.8. The Hall–Kier alpha value is -2.67. The van der Waals surface area contributed by atoms with Crippen LogP contribution in [0, 0.1) is 5.92 Å². The molecule has 1 saturated carbocycles. The van der Waals surface area contributed by atoms with Crippen molar-refractivity contribution in [3.8, 4) is 0 Å². The molecule has 2 aliphatic rings. The molecule has 0 spiro atoms. The molecule has 124 valence electrons. The lowest BCUT2D eigenvalue weighted by Crippen LogP contribution is -2.47. The maximum atomic E-state index is 12.2. The second kappa shape index (κ2) is 5.76.